The molecule has 3 aromatic heterocycles. The highest BCUT2D eigenvalue weighted by Gasteiger charge is 2.22. The molecule has 0 fully saturated rings. The molecule has 32 heavy (non-hydrogen) atoms. The van der Waals surface area contributed by atoms with Crippen LogP contribution in [0.15, 0.2) is 99.8 Å². The van der Waals surface area contributed by atoms with E-state index in [9.17, 15) is 0 Å². The van der Waals surface area contributed by atoms with Gasteiger partial charge in [0.05, 0.1) is 0 Å². The van der Waals surface area contributed by atoms with Gasteiger partial charge >= 0.3 is 0 Å². The maximum Gasteiger partial charge on any atom is 0.221 e. The Bertz CT molecular complexity index is 1400. The van der Waals surface area contributed by atoms with E-state index in [4.69, 9.17) is 14.6 Å². The summed E-state index contributed by atoms with van der Waals surface area (Å²) in [7, 11) is 0. The number of nitrogen functional groups attached to an aromatic ring is 1. The molecule has 0 amide bonds. The van der Waals surface area contributed by atoms with Crippen molar-refractivity contribution in [1.82, 2.24) is 9.97 Å². The van der Waals surface area contributed by atoms with Crippen molar-refractivity contribution < 1.29 is 8.83 Å². The molecule has 5 heteroatoms. The van der Waals surface area contributed by atoms with Gasteiger partial charge in [-0.2, -0.15) is 0 Å². The number of hydrogen-bond acceptors (Lipinski definition) is 5. The van der Waals surface area contributed by atoms with Gasteiger partial charge in [-0.3, -0.25) is 0 Å². The largest absolute Gasteiger partial charge is 0.454 e. The Labute approximate surface area is 184 Å². The second-order valence-electron chi connectivity index (χ2n) is 7.72. The Balaban J connectivity index is 1.61. The first-order valence-electron chi connectivity index (χ1n) is 10.4. The lowest BCUT2D eigenvalue weighted by atomic mass is 9.99. The fourth-order valence-electron chi connectivity index (χ4n) is 4.07. The summed E-state index contributed by atoms with van der Waals surface area (Å²) in [4.78, 5) is 9.21. The van der Waals surface area contributed by atoms with Crippen LogP contribution in [0.3, 0.4) is 0 Å². The summed E-state index contributed by atoms with van der Waals surface area (Å²) in [6, 6.07) is 30.0. The van der Waals surface area contributed by atoms with Gasteiger partial charge in [0.25, 0.3) is 0 Å². The van der Waals surface area contributed by atoms with E-state index in [-0.39, 0.29) is 5.95 Å². The average molecular weight is 417 g/mol. The number of rotatable bonds is 4. The van der Waals surface area contributed by atoms with Crippen molar-refractivity contribution in [3.63, 3.8) is 0 Å². The van der Waals surface area contributed by atoms with Crippen LogP contribution in [-0.2, 0) is 6.42 Å². The molecule has 5 nitrogen and oxygen atoms in total. The molecule has 3 heterocycles. The fraction of sp³-hybridized carbons (Fsp3) is 0.0370. The average Bonchev–Trinajstić information content (AvgIpc) is 3.45. The van der Waals surface area contributed by atoms with Gasteiger partial charge in [0, 0.05) is 22.8 Å². The lowest BCUT2D eigenvalue weighted by Crippen LogP contribution is -2.05. The van der Waals surface area contributed by atoms with Crippen LogP contribution in [0.4, 0.5) is 5.95 Å². The summed E-state index contributed by atoms with van der Waals surface area (Å²) < 4.78 is 12.3. The standard InChI is InChI=1S/C27H19N3O2/c28-27-29-25(23-15-18-10-4-6-12-21(18)31-23)20(14-17-8-2-1-3-9-17)26(30-27)24-16-19-11-5-7-13-22(19)32-24/h1-13,15-16H,14H2,(H2,28,29,30). The van der Waals surface area contributed by atoms with Gasteiger partial charge in [-0.1, -0.05) is 66.7 Å². The normalized spacial score (nSPS) is 11.4. The summed E-state index contributed by atoms with van der Waals surface area (Å²) in [5.74, 6) is 1.49. The zero-order chi connectivity index (χ0) is 21.5. The van der Waals surface area contributed by atoms with Crippen molar-refractivity contribution in [2.75, 3.05) is 5.73 Å². The molecular weight excluding hydrogens is 398 g/mol. The third-order valence-corrected chi connectivity index (χ3v) is 5.57. The summed E-state index contributed by atoms with van der Waals surface area (Å²) in [5.41, 5.74) is 11.2. The van der Waals surface area contributed by atoms with Gasteiger partial charge < -0.3 is 14.6 Å². The molecular formula is C27H19N3O2. The van der Waals surface area contributed by atoms with Crippen LogP contribution in [-0.4, -0.2) is 9.97 Å². The third kappa shape index (κ3) is 3.20. The molecule has 0 saturated heterocycles. The first-order valence-corrected chi connectivity index (χ1v) is 10.4. The molecule has 6 aromatic rings. The van der Waals surface area contributed by atoms with Gasteiger partial charge in [0.15, 0.2) is 11.5 Å². The summed E-state index contributed by atoms with van der Waals surface area (Å²) in [6.45, 7) is 0. The molecule has 0 unspecified atom stereocenters. The number of nitrogens with two attached hydrogens (primary N) is 1. The number of fused-ring (bicyclic) bond motifs is 2. The number of benzene rings is 3. The van der Waals surface area contributed by atoms with Crippen molar-refractivity contribution in [2.45, 2.75) is 6.42 Å². The van der Waals surface area contributed by atoms with Gasteiger partial charge in [-0.05, 0) is 29.8 Å². The van der Waals surface area contributed by atoms with Crippen molar-refractivity contribution in [1.29, 1.82) is 0 Å². The summed E-state index contributed by atoms with van der Waals surface area (Å²) in [6.07, 6.45) is 0.611. The van der Waals surface area contributed by atoms with Crippen molar-refractivity contribution in [3.05, 3.63) is 102 Å². The Morgan fingerprint density at radius 1 is 0.625 bits per heavy atom. The Hall–Kier alpha value is -4.38. The third-order valence-electron chi connectivity index (χ3n) is 5.57. The predicted molar refractivity (Wildman–Crippen MR) is 126 cm³/mol. The molecule has 6 rings (SSSR count). The van der Waals surface area contributed by atoms with Gasteiger partial charge in [0.2, 0.25) is 5.95 Å². The van der Waals surface area contributed by atoms with Gasteiger partial charge in [-0.15, -0.1) is 0 Å². The van der Waals surface area contributed by atoms with E-state index in [1.54, 1.807) is 0 Å². The lowest BCUT2D eigenvalue weighted by Gasteiger charge is -2.12. The van der Waals surface area contributed by atoms with E-state index in [1.165, 1.54) is 0 Å². The molecule has 0 bridgehead atoms. The van der Waals surface area contributed by atoms with E-state index in [2.05, 4.69) is 22.1 Å². The topological polar surface area (TPSA) is 78.1 Å². The minimum absolute atomic E-state index is 0.174. The maximum atomic E-state index is 6.18. The van der Waals surface area contributed by atoms with Crippen molar-refractivity contribution >= 4 is 27.9 Å². The highest BCUT2D eigenvalue weighted by atomic mass is 16.3. The molecule has 3 aromatic carbocycles. The van der Waals surface area contributed by atoms with Gasteiger partial charge in [0.1, 0.15) is 22.6 Å². The van der Waals surface area contributed by atoms with Crippen LogP contribution in [0.2, 0.25) is 0 Å². The zero-order valence-corrected chi connectivity index (χ0v) is 17.2. The van der Waals surface area contributed by atoms with E-state index >= 15 is 0 Å². The van der Waals surface area contributed by atoms with Crippen LogP contribution in [0.1, 0.15) is 11.1 Å². The molecule has 0 aliphatic heterocycles. The van der Waals surface area contributed by atoms with E-state index < -0.39 is 0 Å². The molecule has 2 N–H and O–H groups in total. The number of para-hydroxylation sites is 2. The Kier molecular flexibility index (Phi) is 4.25. The molecule has 0 spiro atoms. The molecule has 0 radical (unpaired) electrons. The molecule has 0 aliphatic rings. The van der Waals surface area contributed by atoms with Crippen LogP contribution in [0.25, 0.3) is 44.8 Å². The Morgan fingerprint density at radius 3 is 1.66 bits per heavy atom. The Morgan fingerprint density at radius 2 is 1.12 bits per heavy atom. The van der Waals surface area contributed by atoms with Crippen LogP contribution < -0.4 is 5.73 Å². The number of furan rings is 2. The van der Waals surface area contributed by atoms with Crippen LogP contribution >= 0.6 is 0 Å². The van der Waals surface area contributed by atoms with Crippen LogP contribution in [0, 0.1) is 0 Å². The highest BCUT2D eigenvalue weighted by molar-refractivity contribution is 5.86. The van der Waals surface area contributed by atoms with E-state index in [1.807, 2.05) is 78.9 Å². The smallest absolute Gasteiger partial charge is 0.221 e. The zero-order valence-electron chi connectivity index (χ0n) is 17.2. The second-order valence-corrected chi connectivity index (χ2v) is 7.72. The number of aromatic nitrogens is 2. The fourth-order valence-corrected chi connectivity index (χ4v) is 4.07. The van der Waals surface area contributed by atoms with Crippen LogP contribution in [0.5, 0.6) is 0 Å². The minimum Gasteiger partial charge on any atom is -0.454 e. The molecule has 0 aliphatic carbocycles. The number of anilines is 1. The second kappa shape index (κ2) is 7.39. The van der Waals surface area contributed by atoms with E-state index in [0.717, 1.165) is 33.1 Å². The van der Waals surface area contributed by atoms with Crippen molar-refractivity contribution in [2.24, 2.45) is 0 Å². The summed E-state index contributed by atoms with van der Waals surface area (Å²) >= 11 is 0. The SMILES string of the molecule is Nc1nc(-c2cc3ccccc3o2)c(Cc2ccccc2)c(-c2cc3ccccc3o2)n1. The lowest BCUT2D eigenvalue weighted by molar-refractivity contribution is 0.623. The quantitative estimate of drug-likeness (QED) is 0.355. The molecule has 0 saturated carbocycles. The number of nitrogens with zero attached hydrogens (tertiary/aromatic N) is 2. The minimum atomic E-state index is 0.174. The van der Waals surface area contributed by atoms with Gasteiger partial charge in [-0.25, -0.2) is 9.97 Å². The molecule has 0 atom stereocenters. The monoisotopic (exact) mass is 417 g/mol. The van der Waals surface area contributed by atoms with Crippen molar-refractivity contribution in [3.8, 4) is 22.9 Å². The number of hydrogen-bond donors (Lipinski definition) is 1. The maximum absolute atomic E-state index is 6.18. The molecule has 154 valence electrons. The van der Waals surface area contributed by atoms with E-state index in [0.29, 0.717) is 29.3 Å². The highest BCUT2D eigenvalue weighted by Crippen LogP contribution is 2.37. The first kappa shape index (κ1) is 18.4. The predicted octanol–water partition coefficient (Wildman–Crippen LogP) is 6.48. The summed E-state index contributed by atoms with van der Waals surface area (Å²) in [5, 5.41) is 2.02. The first-order chi connectivity index (χ1) is 15.7.